The average Bonchev–Trinajstić information content (AvgIpc) is 3.28. The molecular weight excluding hydrogens is 395 g/mol. The molecule has 1 saturated heterocycles. The van der Waals surface area contributed by atoms with Crippen molar-refractivity contribution in [2.75, 3.05) is 11.4 Å². The van der Waals surface area contributed by atoms with Gasteiger partial charge in [0.2, 0.25) is 17.6 Å². The van der Waals surface area contributed by atoms with Gasteiger partial charge in [-0.25, -0.2) is 0 Å². The van der Waals surface area contributed by atoms with Gasteiger partial charge in [0.05, 0.1) is 16.5 Å². The Hall–Kier alpha value is -2.87. The monoisotopic (exact) mass is 407 g/mol. The van der Waals surface area contributed by atoms with Crippen LogP contribution in [0.25, 0.3) is 11.4 Å². The molecule has 1 aromatic heterocycles. The summed E-state index contributed by atoms with van der Waals surface area (Å²) in [6.45, 7) is 0.244. The van der Waals surface area contributed by atoms with Crippen molar-refractivity contribution in [2.45, 2.75) is 18.5 Å². The summed E-state index contributed by atoms with van der Waals surface area (Å²) in [5.74, 6) is 0.0412. The molecule has 9 heteroatoms. The van der Waals surface area contributed by atoms with Crippen molar-refractivity contribution < 1.29 is 22.5 Å². The second-order valence-electron chi connectivity index (χ2n) is 6.39. The SMILES string of the molecule is O=C1CC(c2nc(-c3ccccc3Cl)no2)CN1c1ccc(C(F)(F)F)cc1. The van der Waals surface area contributed by atoms with Gasteiger partial charge in [-0.2, -0.15) is 18.2 Å². The lowest BCUT2D eigenvalue weighted by Crippen LogP contribution is -2.24. The lowest BCUT2D eigenvalue weighted by atomic mass is 10.1. The number of hydrogen-bond donors (Lipinski definition) is 0. The fraction of sp³-hybridized carbons (Fsp3) is 0.211. The minimum Gasteiger partial charge on any atom is -0.339 e. The van der Waals surface area contributed by atoms with E-state index in [0.29, 0.717) is 22.1 Å². The predicted octanol–water partition coefficient (Wildman–Crippen LogP) is 4.93. The molecule has 0 saturated carbocycles. The minimum atomic E-state index is -4.42. The van der Waals surface area contributed by atoms with Crippen LogP contribution in [0.5, 0.6) is 0 Å². The number of carbonyl (C=O) groups excluding carboxylic acids is 1. The highest BCUT2D eigenvalue weighted by molar-refractivity contribution is 6.33. The molecule has 4 rings (SSSR count). The van der Waals surface area contributed by atoms with E-state index < -0.39 is 11.7 Å². The number of nitrogens with zero attached hydrogens (tertiary/aromatic N) is 3. The lowest BCUT2D eigenvalue weighted by Gasteiger charge is -2.17. The van der Waals surface area contributed by atoms with Gasteiger partial charge in [-0.1, -0.05) is 28.9 Å². The summed E-state index contributed by atoms with van der Waals surface area (Å²) < 4.78 is 43.4. The average molecular weight is 408 g/mol. The number of rotatable bonds is 3. The maximum absolute atomic E-state index is 12.7. The molecule has 0 aliphatic carbocycles. The highest BCUT2D eigenvalue weighted by Crippen LogP contribution is 2.35. The van der Waals surface area contributed by atoms with Crippen molar-refractivity contribution in [1.29, 1.82) is 0 Å². The first-order valence-corrected chi connectivity index (χ1v) is 8.77. The zero-order valence-corrected chi connectivity index (χ0v) is 15.0. The van der Waals surface area contributed by atoms with Crippen molar-refractivity contribution >= 4 is 23.2 Å². The van der Waals surface area contributed by atoms with Crippen molar-refractivity contribution in [1.82, 2.24) is 10.1 Å². The third kappa shape index (κ3) is 3.47. The summed E-state index contributed by atoms with van der Waals surface area (Å²) in [6, 6.07) is 11.5. The normalized spacial score (nSPS) is 17.4. The number of carbonyl (C=O) groups is 1. The molecule has 0 N–H and O–H groups in total. The number of benzene rings is 2. The van der Waals surface area contributed by atoms with Crippen LogP contribution in [-0.2, 0) is 11.0 Å². The van der Waals surface area contributed by atoms with E-state index in [-0.39, 0.29) is 30.7 Å². The summed E-state index contributed by atoms with van der Waals surface area (Å²) in [4.78, 5) is 18.1. The molecule has 1 fully saturated rings. The topological polar surface area (TPSA) is 59.2 Å². The summed E-state index contributed by atoms with van der Waals surface area (Å²) in [5.41, 5.74) is 0.246. The first-order valence-electron chi connectivity index (χ1n) is 8.39. The number of anilines is 1. The van der Waals surface area contributed by atoms with Crippen LogP contribution in [0.4, 0.5) is 18.9 Å². The fourth-order valence-corrected chi connectivity index (χ4v) is 3.33. The van der Waals surface area contributed by atoms with E-state index in [0.717, 1.165) is 12.1 Å². The Morgan fingerprint density at radius 3 is 2.50 bits per heavy atom. The maximum Gasteiger partial charge on any atom is 0.416 e. The number of alkyl halides is 3. The molecule has 1 atom stereocenters. The number of hydrogen-bond acceptors (Lipinski definition) is 4. The number of amides is 1. The van der Waals surface area contributed by atoms with Gasteiger partial charge in [0.25, 0.3) is 0 Å². The van der Waals surface area contributed by atoms with Crippen molar-refractivity contribution in [3.63, 3.8) is 0 Å². The van der Waals surface area contributed by atoms with Crippen molar-refractivity contribution in [3.8, 4) is 11.4 Å². The standard InChI is InChI=1S/C19H13ClF3N3O2/c20-15-4-2-1-3-14(15)17-24-18(28-25-17)11-9-16(27)26(10-11)13-7-5-12(6-8-13)19(21,22)23/h1-8,11H,9-10H2. The van der Waals surface area contributed by atoms with Gasteiger partial charge in [0, 0.05) is 24.2 Å². The molecule has 5 nitrogen and oxygen atoms in total. The highest BCUT2D eigenvalue weighted by Gasteiger charge is 2.36. The second-order valence-corrected chi connectivity index (χ2v) is 6.79. The van der Waals surface area contributed by atoms with Gasteiger partial charge in [-0.05, 0) is 36.4 Å². The van der Waals surface area contributed by atoms with Crippen LogP contribution in [0.1, 0.15) is 23.8 Å². The molecule has 0 spiro atoms. The van der Waals surface area contributed by atoms with Gasteiger partial charge in [-0.15, -0.1) is 0 Å². The first-order chi connectivity index (χ1) is 13.3. The Labute approximate surface area is 162 Å². The van der Waals surface area contributed by atoms with Crippen LogP contribution in [0, 0.1) is 0 Å². The van der Waals surface area contributed by atoms with Crippen LogP contribution < -0.4 is 4.90 Å². The van der Waals surface area contributed by atoms with E-state index in [1.807, 2.05) is 0 Å². The van der Waals surface area contributed by atoms with E-state index in [4.69, 9.17) is 16.1 Å². The quantitative estimate of drug-likeness (QED) is 0.617. The summed E-state index contributed by atoms with van der Waals surface area (Å²) in [7, 11) is 0. The zero-order chi connectivity index (χ0) is 19.9. The van der Waals surface area contributed by atoms with Gasteiger partial charge in [-0.3, -0.25) is 4.79 Å². The van der Waals surface area contributed by atoms with Crippen LogP contribution in [0.3, 0.4) is 0 Å². The van der Waals surface area contributed by atoms with Gasteiger partial charge in [0.15, 0.2) is 0 Å². The number of halogens is 4. The first kappa shape index (κ1) is 18.5. The third-order valence-corrected chi connectivity index (χ3v) is 4.87. The number of aromatic nitrogens is 2. The van der Waals surface area contributed by atoms with Gasteiger partial charge >= 0.3 is 6.18 Å². The Balaban J connectivity index is 1.53. The summed E-state index contributed by atoms with van der Waals surface area (Å²) in [5, 5.41) is 4.40. The molecule has 2 aromatic carbocycles. The molecular formula is C19H13ClF3N3O2. The molecule has 3 aromatic rings. The van der Waals surface area contributed by atoms with Crippen LogP contribution >= 0.6 is 11.6 Å². The Bertz CT molecular complexity index is 1020. The van der Waals surface area contributed by atoms with E-state index in [1.165, 1.54) is 17.0 Å². The smallest absolute Gasteiger partial charge is 0.339 e. The van der Waals surface area contributed by atoms with Crippen LogP contribution in [-0.4, -0.2) is 22.6 Å². The molecule has 2 heterocycles. The van der Waals surface area contributed by atoms with E-state index in [9.17, 15) is 18.0 Å². The molecule has 0 radical (unpaired) electrons. The Morgan fingerprint density at radius 1 is 1.11 bits per heavy atom. The molecule has 28 heavy (non-hydrogen) atoms. The van der Waals surface area contributed by atoms with Crippen LogP contribution in [0.15, 0.2) is 53.1 Å². The van der Waals surface area contributed by atoms with Gasteiger partial charge in [0.1, 0.15) is 0 Å². The molecule has 1 aliphatic heterocycles. The molecule has 1 unspecified atom stereocenters. The third-order valence-electron chi connectivity index (χ3n) is 4.54. The molecule has 144 valence electrons. The van der Waals surface area contributed by atoms with E-state index >= 15 is 0 Å². The van der Waals surface area contributed by atoms with Crippen LogP contribution in [0.2, 0.25) is 5.02 Å². The second kappa shape index (κ2) is 6.94. The van der Waals surface area contributed by atoms with Crippen molar-refractivity contribution in [2.24, 2.45) is 0 Å². The summed E-state index contributed by atoms with van der Waals surface area (Å²) in [6.07, 6.45) is -4.29. The fourth-order valence-electron chi connectivity index (χ4n) is 3.11. The molecule has 0 bridgehead atoms. The lowest BCUT2D eigenvalue weighted by molar-refractivity contribution is -0.137. The molecule has 1 aliphatic rings. The predicted molar refractivity (Wildman–Crippen MR) is 95.9 cm³/mol. The molecule has 1 amide bonds. The highest BCUT2D eigenvalue weighted by atomic mass is 35.5. The largest absolute Gasteiger partial charge is 0.416 e. The Kier molecular flexibility index (Phi) is 4.58. The maximum atomic E-state index is 12.7. The van der Waals surface area contributed by atoms with Gasteiger partial charge < -0.3 is 9.42 Å². The van der Waals surface area contributed by atoms with E-state index in [2.05, 4.69) is 10.1 Å². The Morgan fingerprint density at radius 2 is 1.82 bits per heavy atom. The van der Waals surface area contributed by atoms with Crippen molar-refractivity contribution in [3.05, 3.63) is 65.0 Å². The minimum absolute atomic E-state index is 0.130. The van der Waals surface area contributed by atoms with E-state index in [1.54, 1.807) is 24.3 Å². The zero-order valence-electron chi connectivity index (χ0n) is 14.3. The summed E-state index contributed by atoms with van der Waals surface area (Å²) >= 11 is 6.13.